The Bertz CT molecular complexity index is 401. The van der Waals surface area contributed by atoms with Crippen molar-refractivity contribution in [1.82, 2.24) is 0 Å². The van der Waals surface area contributed by atoms with E-state index < -0.39 is 29.8 Å². The summed E-state index contributed by atoms with van der Waals surface area (Å²) in [7, 11) is 0. The summed E-state index contributed by atoms with van der Waals surface area (Å²) in [6, 6.07) is 0. The average molecular weight is 406 g/mol. The van der Waals surface area contributed by atoms with Crippen LogP contribution in [0, 0.1) is 0 Å². The first-order valence-electron chi connectivity index (χ1n) is 6.65. The standard InChI is InChI=1S/5C3H4O2.C2H6O/c5*1-2-3(4)5;1-2-3/h5*2H,1H2,(H,4,5);3H,2H2,1H3. The fourth-order valence-corrected chi connectivity index (χ4v) is 0. The van der Waals surface area contributed by atoms with Gasteiger partial charge in [0.05, 0.1) is 0 Å². The van der Waals surface area contributed by atoms with E-state index in [4.69, 9.17) is 30.6 Å². The first-order chi connectivity index (χ1) is 12.8. The molecule has 6 N–H and O–H groups in total. The van der Waals surface area contributed by atoms with Crippen LogP contribution in [-0.2, 0) is 24.0 Å². The molecule has 0 spiro atoms. The van der Waals surface area contributed by atoms with Crippen molar-refractivity contribution >= 4 is 29.8 Å². The van der Waals surface area contributed by atoms with Gasteiger partial charge in [-0.05, 0) is 6.92 Å². The largest absolute Gasteiger partial charge is 0.478 e. The number of carbonyl (C=O) groups is 5. The number of carboxylic acids is 5. The lowest BCUT2D eigenvalue weighted by molar-refractivity contribution is -0.132. The monoisotopic (exact) mass is 406 g/mol. The van der Waals surface area contributed by atoms with Crippen LogP contribution in [0.5, 0.6) is 0 Å². The van der Waals surface area contributed by atoms with E-state index >= 15 is 0 Å². The van der Waals surface area contributed by atoms with Crippen molar-refractivity contribution in [3.8, 4) is 0 Å². The van der Waals surface area contributed by atoms with Gasteiger partial charge in [0.15, 0.2) is 0 Å². The van der Waals surface area contributed by atoms with Gasteiger partial charge in [-0.1, -0.05) is 32.9 Å². The molecular formula is C17H26O11. The summed E-state index contributed by atoms with van der Waals surface area (Å²) < 4.78 is 0. The summed E-state index contributed by atoms with van der Waals surface area (Å²) in [5.41, 5.74) is 0. The molecule has 0 fully saturated rings. The predicted molar refractivity (Wildman–Crippen MR) is 102 cm³/mol. The molecular weight excluding hydrogens is 380 g/mol. The Morgan fingerprint density at radius 3 is 0.571 bits per heavy atom. The van der Waals surface area contributed by atoms with E-state index in [0.717, 1.165) is 30.4 Å². The second kappa shape index (κ2) is 38.5. The smallest absolute Gasteiger partial charge is 0.327 e. The number of hydrogen-bond acceptors (Lipinski definition) is 6. The number of carboxylic acid groups (broad SMARTS) is 5. The predicted octanol–water partition coefficient (Wildman–Crippen LogP) is 1.28. The van der Waals surface area contributed by atoms with Crippen molar-refractivity contribution in [3.05, 3.63) is 63.3 Å². The molecule has 0 rings (SSSR count). The third-order valence-electron chi connectivity index (χ3n) is 0.873. The zero-order chi connectivity index (χ0) is 24.1. The number of aliphatic carboxylic acids is 5. The number of rotatable bonds is 5. The SMILES string of the molecule is C=CC(=O)O.C=CC(=O)O.C=CC(=O)O.C=CC(=O)O.C=CC(=O)O.CCO. The van der Waals surface area contributed by atoms with Crippen LogP contribution in [0.2, 0.25) is 0 Å². The molecule has 0 aromatic rings. The Morgan fingerprint density at radius 2 is 0.571 bits per heavy atom. The first-order valence-corrected chi connectivity index (χ1v) is 6.65. The molecule has 0 aromatic heterocycles. The fourth-order valence-electron chi connectivity index (χ4n) is 0. The molecule has 0 bridgehead atoms. The molecule has 0 aliphatic carbocycles. The van der Waals surface area contributed by atoms with Gasteiger partial charge >= 0.3 is 29.8 Å². The van der Waals surface area contributed by atoms with E-state index in [2.05, 4.69) is 32.9 Å². The van der Waals surface area contributed by atoms with Crippen molar-refractivity contribution < 1.29 is 54.6 Å². The van der Waals surface area contributed by atoms with E-state index in [0.29, 0.717) is 0 Å². The highest BCUT2D eigenvalue weighted by Gasteiger charge is 1.75. The van der Waals surface area contributed by atoms with Crippen LogP contribution in [0.4, 0.5) is 0 Å². The summed E-state index contributed by atoms with van der Waals surface area (Å²) in [5, 5.41) is 45.6. The van der Waals surface area contributed by atoms with Gasteiger partial charge in [0.25, 0.3) is 0 Å². The Labute approximate surface area is 162 Å². The molecule has 0 radical (unpaired) electrons. The van der Waals surface area contributed by atoms with Crippen LogP contribution >= 0.6 is 0 Å². The van der Waals surface area contributed by atoms with Gasteiger partial charge in [-0.3, -0.25) is 0 Å². The average Bonchev–Trinajstić information content (AvgIpc) is 2.63. The highest BCUT2D eigenvalue weighted by atomic mass is 16.4. The van der Waals surface area contributed by atoms with Gasteiger partial charge < -0.3 is 30.6 Å². The third-order valence-corrected chi connectivity index (χ3v) is 0.873. The molecule has 0 heterocycles. The highest BCUT2D eigenvalue weighted by Crippen LogP contribution is 1.56. The van der Waals surface area contributed by atoms with Gasteiger partial charge in [0.2, 0.25) is 0 Å². The number of aliphatic hydroxyl groups is 1. The Kier molecular flexibility index (Phi) is 53.9. The van der Waals surface area contributed by atoms with Crippen LogP contribution in [0.25, 0.3) is 0 Å². The second-order valence-corrected chi connectivity index (χ2v) is 3.03. The van der Waals surface area contributed by atoms with Crippen molar-refractivity contribution in [2.45, 2.75) is 6.92 Å². The molecule has 0 aliphatic rings. The van der Waals surface area contributed by atoms with Crippen molar-refractivity contribution in [3.63, 3.8) is 0 Å². The first kappa shape index (κ1) is 39.2. The molecule has 0 saturated heterocycles. The molecule has 0 amide bonds. The Morgan fingerprint density at radius 1 is 0.536 bits per heavy atom. The summed E-state index contributed by atoms with van der Waals surface area (Å²) in [6.07, 6.45) is 4.17. The fraction of sp³-hybridized carbons (Fsp3) is 0.118. The second-order valence-electron chi connectivity index (χ2n) is 3.03. The minimum atomic E-state index is -0.981. The Hall–Kier alpha value is -3.99. The number of hydrogen-bond donors (Lipinski definition) is 6. The minimum Gasteiger partial charge on any atom is -0.478 e. The zero-order valence-electron chi connectivity index (χ0n) is 15.4. The van der Waals surface area contributed by atoms with Crippen LogP contribution < -0.4 is 0 Å². The third kappa shape index (κ3) is 269. The van der Waals surface area contributed by atoms with Crippen molar-refractivity contribution in [2.24, 2.45) is 0 Å². The number of aliphatic hydroxyl groups excluding tert-OH is 1. The molecule has 0 aliphatic heterocycles. The van der Waals surface area contributed by atoms with Gasteiger partial charge in [-0.2, -0.15) is 0 Å². The summed E-state index contributed by atoms with van der Waals surface area (Å²) in [6.45, 7) is 16.7. The quantitative estimate of drug-likeness (QED) is 0.358. The van der Waals surface area contributed by atoms with Crippen LogP contribution in [0.1, 0.15) is 6.92 Å². The maximum Gasteiger partial charge on any atom is 0.327 e. The molecule has 11 heteroatoms. The van der Waals surface area contributed by atoms with Gasteiger partial charge in [-0.25, -0.2) is 24.0 Å². The summed E-state index contributed by atoms with van der Waals surface area (Å²) in [5.74, 6) is -4.91. The van der Waals surface area contributed by atoms with E-state index in [1.807, 2.05) is 0 Å². The van der Waals surface area contributed by atoms with Gasteiger partial charge in [-0.15, -0.1) is 0 Å². The highest BCUT2D eigenvalue weighted by molar-refractivity contribution is 5.80. The molecule has 11 nitrogen and oxygen atoms in total. The molecule has 28 heavy (non-hydrogen) atoms. The zero-order valence-corrected chi connectivity index (χ0v) is 15.4. The van der Waals surface area contributed by atoms with E-state index in [1.165, 1.54) is 0 Å². The molecule has 0 atom stereocenters. The molecule has 160 valence electrons. The minimum absolute atomic E-state index is 0.250. The maximum atomic E-state index is 9.25. The lowest BCUT2D eigenvalue weighted by Gasteiger charge is -1.64. The van der Waals surface area contributed by atoms with E-state index in [1.54, 1.807) is 6.92 Å². The van der Waals surface area contributed by atoms with Crippen molar-refractivity contribution in [1.29, 1.82) is 0 Å². The maximum absolute atomic E-state index is 9.25. The lowest BCUT2D eigenvalue weighted by atomic mass is 10.7. The molecule has 0 aromatic carbocycles. The Balaban J connectivity index is -0.0000000522. The van der Waals surface area contributed by atoms with Crippen LogP contribution in [0.3, 0.4) is 0 Å². The lowest BCUT2D eigenvalue weighted by Crippen LogP contribution is -1.82. The molecule has 0 saturated carbocycles. The van der Waals surface area contributed by atoms with Crippen LogP contribution in [0.15, 0.2) is 63.3 Å². The van der Waals surface area contributed by atoms with Gasteiger partial charge in [0.1, 0.15) is 0 Å². The van der Waals surface area contributed by atoms with Gasteiger partial charge in [0, 0.05) is 37.0 Å². The van der Waals surface area contributed by atoms with E-state index in [9.17, 15) is 24.0 Å². The van der Waals surface area contributed by atoms with E-state index in [-0.39, 0.29) is 6.61 Å². The summed E-state index contributed by atoms with van der Waals surface area (Å²) >= 11 is 0. The molecule has 0 unspecified atom stereocenters. The van der Waals surface area contributed by atoms with Crippen LogP contribution in [-0.4, -0.2) is 67.1 Å². The topological polar surface area (TPSA) is 207 Å². The van der Waals surface area contributed by atoms with Crippen molar-refractivity contribution in [2.75, 3.05) is 6.61 Å². The summed E-state index contributed by atoms with van der Waals surface area (Å²) in [4.78, 5) is 46.2. The normalized spacial score (nSPS) is 6.36.